The second kappa shape index (κ2) is 13.6. The fourth-order valence-corrected chi connectivity index (χ4v) is 5.79. The van der Waals surface area contributed by atoms with Crippen molar-refractivity contribution in [2.24, 2.45) is 0 Å². The number of aromatic nitrogens is 6. The molecular weight excluding hydrogens is 542 g/mol. The third-order valence-corrected chi connectivity index (χ3v) is 7.94. The van der Waals surface area contributed by atoms with Crippen molar-refractivity contribution in [3.63, 3.8) is 0 Å². The minimum absolute atomic E-state index is 0.113. The molecule has 10 heteroatoms. The number of fused-ring (bicyclic) bond motifs is 1. The predicted octanol–water partition coefficient (Wildman–Crippen LogP) is 5.72. The summed E-state index contributed by atoms with van der Waals surface area (Å²) in [6.45, 7) is 3.71. The monoisotopic (exact) mass is 579 g/mol. The summed E-state index contributed by atoms with van der Waals surface area (Å²) in [7, 11) is 0. The molecule has 43 heavy (non-hydrogen) atoms. The van der Waals surface area contributed by atoms with E-state index < -0.39 is 6.04 Å². The number of carbonyl (C=O) groups excluding carboxylic acids is 1. The standard InChI is InChI=1S/C33H37N7O3/c1-2-3-4-5-6-14-21-39-23-25(42-24-15-8-7-9-16-24)22-30(39)33(41)43-40-29-20-13-12-19-28(29)34-32(40)27-18-11-10-17-26(27)31-35-37-38-36-31/h7-13,15-20,25,30H,2-6,14,21-23H2,1H3,(H,35,36,37,38)/t25-,30+/m1/s1. The zero-order valence-corrected chi connectivity index (χ0v) is 24.4. The first-order chi connectivity index (χ1) is 21.2. The van der Waals surface area contributed by atoms with Crippen LogP contribution in [0, 0.1) is 0 Å². The number of H-pyrrole nitrogens is 1. The van der Waals surface area contributed by atoms with Gasteiger partial charge in [0.25, 0.3) is 0 Å². The fourth-order valence-electron chi connectivity index (χ4n) is 5.79. The van der Waals surface area contributed by atoms with Gasteiger partial charge in [0.05, 0.1) is 5.52 Å². The zero-order chi connectivity index (χ0) is 29.4. The summed E-state index contributed by atoms with van der Waals surface area (Å²) in [5.41, 5.74) is 2.87. The highest BCUT2D eigenvalue weighted by Gasteiger charge is 2.39. The number of aromatic amines is 1. The smallest absolute Gasteiger partial charge is 0.350 e. The Hall–Kier alpha value is -4.57. The molecule has 0 aliphatic carbocycles. The van der Waals surface area contributed by atoms with Gasteiger partial charge >= 0.3 is 5.97 Å². The van der Waals surface area contributed by atoms with Crippen molar-refractivity contribution in [3.05, 3.63) is 78.9 Å². The maximum Gasteiger partial charge on any atom is 0.350 e. The van der Waals surface area contributed by atoms with E-state index in [0.29, 0.717) is 35.6 Å². The van der Waals surface area contributed by atoms with E-state index in [4.69, 9.17) is 14.6 Å². The van der Waals surface area contributed by atoms with Gasteiger partial charge in [0.15, 0.2) is 5.82 Å². The van der Waals surface area contributed by atoms with Gasteiger partial charge in [-0.3, -0.25) is 4.90 Å². The van der Waals surface area contributed by atoms with Gasteiger partial charge in [-0.15, -0.1) is 10.2 Å². The number of benzene rings is 3. The van der Waals surface area contributed by atoms with Crippen molar-refractivity contribution in [3.8, 4) is 28.5 Å². The molecule has 1 aliphatic rings. The molecule has 5 aromatic rings. The van der Waals surface area contributed by atoms with Crippen LogP contribution in [0.25, 0.3) is 33.8 Å². The number of tetrazole rings is 1. The van der Waals surface area contributed by atoms with Crippen molar-refractivity contribution < 1.29 is 14.4 Å². The van der Waals surface area contributed by atoms with E-state index in [1.54, 1.807) is 4.73 Å². The highest BCUT2D eigenvalue weighted by molar-refractivity contribution is 5.86. The number of ether oxygens (including phenoxy) is 1. The topological polar surface area (TPSA) is 111 Å². The van der Waals surface area contributed by atoms with Gasteiger partial charge in [0.2, 0.25) is 5.82 Å². The SMILES string of the molecule is CCCCCCCCN1C[C@H](Oc2ccccc2)C[C@H]1C(=O)On1c(-c2ccccc2-c2nn[nH]n2)nc2ccccc21. The Balaban J connectivity index is 1.27. The zero-order valence-electron chi connectivity index (χ0n) is 24.4. The van der Waals surface area contributed by atoms with Crippen LogP contribution in [-0.4, -0.2) is 66.4 Å². The van der Waals surface area contributed by atoms with Gasteiger partial charge in [-0.25, -0.2) is 9.78 Å². The minimum atomic E-state index is -0.439. The maximum absolute atomic E-state index is 14.0. The Morgan fingerprint density at radius 2 is 1.65 bits per heavy atom. The first kappa shape index (κ1) is 28.5. The number of para-hydroxylation sites is 3. The average molecular weight is 580 g/mol. The summed E-state index contributed by atoms with van der Waals surface area (Å²) in [4.78, 5) is 27.4. The number of nitrogens with zero attached hydrogens (tertiary/aromatic N) is 6. The molecule has 1 saturated heterocycles. The third kappa shape index (κ3) is 6.59. The van der Waals surface area contributed by atoms with E-state index in [1.165, 1.54) is 25.7 Å². The van der Waals surface area contributed by atoms with E-state index in [9.17, 15) is 4.79 Å². The van der Waals surface area contributed by atoms with Gasteiger partial charge in [0, 0.05) is 24.1 Å². The van der Waals surface area contributed by atoms with Crippen LogP contribution in [0.3, 0.4) is 0 Å². The quantitative estimate of drug-likeness (QED) is 0.176. The number of unbranched alkanes of at least 4 members (excludes halogenated alkanes) is 5. The van der Waals surface area contributed by atoms with Crippen LogP contribution >= 0.6 is 0 Å². The molecule has 1 N–H and O–H groups in total. The van der Waals surface area contributed by atoms with Crippen LogP contribution < -0.4 is 9.57 Å². The highest BCUT2D eigenvalue weighted by atomic mass is 16.7. The molecule has 10 nitrogen and oxygen atoms in total. The summed E-state index contributed by atoms with van der Waals surface area (Å²) >= 11 is 0. The second-order valence-electron chi connectivity index (χ2n) is 11.0. The molecule has 3 aromatic carbocycles. The van der Waals surface area contributed by atoms with E-state index in [1.807, 2.05) is 78.9 Å². The Bertz CT molecular complexity index is 1620. The van der Waals surface area contributed by atoms with Crippen LogP contribution in [0.4, 0.5) is 0 Å². The molecule has 1 aliphatic heterocycles. The fraction of sp³-hybridized carbons (Fsp3) is 0.364. The third-order valence-electron chi connectivity index (χ3n) is 7.94. The number of hydrogen-bond acceptors (Lipinski definition) is 8. The molecule has 0 unspecified atom stereocenters. The number of imidazole rings is 1. The van der Waals surface area contributed by atoms with Gasteiger partial charge in [-0.2, -0.15) is 9.94 Å². The number of hydrogen-bond donors (Lipinski definition) is 1. The maximum atomic E-state index is 14.0. The van der Waals surface area contributed by atoms with Crippen molar-refractivity contribution in [1.29, 1.82) is 0 Å². The summed E-state index contributed by atoms with van der Waals surface area (Å²) < 4.78 is 7.86. The van der Waals surface area contributed by atoms with Crippen LogP contribution in [-0.2, 0) is 4.79 Å². The normalized spacial score (nSPS) is 17.0. The minimum Gasteiger partial charge on any atom is -0.489 e. The Morgan fingerprint density at radius 3 is 2.47 bits per heavy atom. The Kier molecular flexibility index (Phi) is 9.03. The summed E-state index contributed by atoms with van der Waals surface area (Å²) in [6, 6.07) is 24.6. The van der Waals surface area contributed by atoms with E-state index in [0.717, 1.165) is 36.3 Å². The largest absolute Gasteiger partial charge is 0.489 e. The van der Waals surface area contributed by atoms with Crippen molar-refractivity contribution in [2.75, 3.05) is 13.1 Å². The van der Waals surface area contributed by atoms with E-state index >= 15 is 0 Å². The van der Waals surface area contributed by atoms with Gasteiger partial charge in [-0.1, -0.05) is 93.6 Å². The molecule has 0 amide bonds. The first-order valence-electron chi connectivity index (χ1n) is 15.2. The van der Waals surface area contributed by atoms with Crippen LogP contribution in [0.2, 0.25) is 0 Å². The summed E-state index contributed by atoms with van der Waals surface area (Å²) in [5, 5.41) is 14.6. The van der Waals surface area contributed by atoms with Crippen LogP contribution in [0.15, 0.2) is 78.9 Å². The van der Waals surface area contributed by atoms with Gasteiger partial charge in [0.1, 0.15) is 23.4 Å². The van der Waals surface area contributed by atoms with Gasteiger partial charge < -0.3 is 9.57 Å². The molecule has 3 heterocycles. The van der Waals surface area contributed by atoms with E-state index in [2.05, 4.69) is 32.4 Å². The number of likely N-dealkylation sites (tertiary alicyclic amines) is 1. The molecule has 1 fully saturated rings. The molecule has 0 radical (unpaired) electrons. The molecule has 2 atom stereocenters. The van der Waals surface area contributed by atoms with Crippen molar-refractivity contribution in [2.45, 2.75) is 64.0 Å². The Labute approximate surface area is 251 Å². The summed E-state index contributed by atoms with van der Waals surface area (Å²) in [5.74, 6) is 1.41. The van der Waals surface area contributed by atoms with Crippen LogP contribution in [0.1, 0.15) is 51.9 Å². The number of nitrogens with one attached hydrogen (secondary N) is 1. The molecule has 6 rings (SSSR count). The van der Waals surface area contributed by atoms with Crippen molar-refractivity contribution in [1.82, 2.24) is 35.2 Å². The molecular formula is C33H37N7O3. The molecule has 2 aromatic heterocycles. The van der Waals surface area contributed by atoms with Crippen molar-refractivity contribution >= 4 is 17.0 Å². The lowest BCUT2D eigenvalue weighted by atomic mass is 10.1. The molecule has 0 saturated carbocycles. The number of rotatable bonds is 13. The highest BCUT2D eigenvalue weighted by Crippen LogP contribution is 2.32. The van der Waals surface area contributed by atoms with Crippen LogP contribution in [0.5, 0.6) is 5.75 Å². The lowest BCUT2D eigenvalue weighted by Crippen LogP contribution is -2.41. The second-order valence-corrected chi connectivity index (χ2v) is 11.0. The molecule has 222 valence electrons. The molecule has 0 spiro atoms. The first-order valence-corrected chi connectivity index (χ1v) is 15.2. The Morgan fingerprint density at radius 1 is 0.907 bits per heavy atom. The lowest BCUT2D eigenvalue weighted by Gasteiger charge is -2.23. The average Bonchev–Trinajstić information content (AvgIpc) is 3.79. The molecule has 0 bridgehead atoms. The summed E-state index contributed by atoms with van der Waals surface area (Å²) in [6.07, 6.45) is 7.57. The lowest BCUT2D eigenvalue weighted by molar-refractivity contribution is -0.148. The van der Waals surface area contributed by atoms with Gasteiger partial charge in [-0.05, 0) is 42.4 Å². The predicted molar refractivity (Wildman–Crippen MR) is 164 cm³/mol. The van der Waals surface area contributed by atoms with E-state index in [-0.39, 0.29) is 12.1 Å². The number of carbonyl (C=O) groups is 1.